The number of hydrogen-bond acceptors (Lipinski definition) is 3. The summed E-state index contributed by atoms with van der Waals surface area (Å²) in [6.07, 6.45) is 1.75. The van der Waals surface area contributed by atoms with Gasteiger partial charge in [0.1, 0.15) is 0 Å². The largest absolute Gasteiger partial charge is 0.358 e. The van der Waals surface area contributed by atoms with Gasteiger partial charge in [0.25, 0.3) is 0 Å². The lowest BCUT2D eigenvalue weighted by Crippen LogP contribution is -2.46. The van der Waals surface area contributed by atoms with Crippen LogP contribution in [0.4, 0.5) is 0 Å². The molecular formula is C11H20N4O. The minimum absolute atomic E-state index is 0.0252. The SMILES string of the molecule is CNC(=O)C(NCc1ccnn1C)C(C)C. The molecule has 0 saturated carbocycles. The van der Waals surface area contributed by atoms with E-state index >= 15 is 0 Å². The first kappa shape index (κ1) is 12.7. The van der Waals surface area contributed by atoms with E-state index in [2.05, 4.69) is 15.7 Å². The Labute approximate surface area is 96.2 Å². The predicted molar refractivity (Wildman–Crippen MR) is 62.7 cm³/mol. The molecule has 0 bridgehead atoms. The fraction of sp³-hybridized carbons (Fsp3) is 0.636. The number of carbonyl (C=O) groups is 1. The summed E-state index contributed by atoms with van der Waals surface area (Å²) < 4.78 is 1.80. The summed E-state index contributed by atoms with van der Waals surface area (Å²) in [6.45, 7) is 4.69. The highest BCUT2D eigenvalue weighted by Crippen LogP contribution is 2.04. The molecule has 1 amide bonds. The molecule has 1 atom stereocenters. The summed E-state index contributed by atoms with van der Waals surface area (Å²) >= 11 is 0. The van der Waals surface area contributed by atoms with Crippen LogP contribution in [0.2, 0.25) is 0 Å². The molecule has 5 nitrogen and oxygen atoms in total. The predicted octanol–water partition coefficient (Wildman–Crippen LogP) is 0.280. The Morgan fingerprint density at radius 3 is 2.69 bits per heavy atom. The molecule has 1 aromatic rings. The Morgan fingerprint density at radius 2 is 2.25 bits per heavy atom. The van der Waals surface area contributed by atoms with Gasteiger partial charge >= 0.3 is 0 Å². The first-order chi connectivity index (χ1) is 7.56. The second-order valence-electron chi connectivity index (χ2n) is 4.16. The lowest BCUT2D eigenvalue weighted by Gasteiger charge is -2.20. The number of nitrogens with one attached hydrogen (secondary N) is 2. The zero-order valence-electron chi connectivity index (χ0n) is 10.3. The summed E-state index contributed by atoms with van der Waals surface area (Å²) in [5.74, 6) is 0.283. The first-order valence-electron chi connectivity index (χ1n) is 5.48. The lowest BCUT2D eigenvalue weighted by molar-refractivity contribution is -0.123. The topological polar surface area (TPSA) is 59.0 Å². The van der Waals surface area contributed by atoms with Crippen LogP contribution in [0.3, 0.4) is 0 Å². The number of hydrogen-bond donors (Lipinski definition) is 2. The highest BCUT2D eigenvalue weighted by atomic mass is 16.2. The Hall–Kier alpha value is -1.36. The summed E-state index contributed by atoms with van der Waals surface area (Å²) in [5, 5.41) is 9.99. The van der Waals surface area contributed by atoms with E-state index < -0.39 is 0 Å². The van der Waals surface area contributed by atoms with Crippen molar-refractivity contribution in [3.8, 4) is 0 Å². The number of rotatable bonds is 5. The number of likely N-dealkylation sites (N-methyl/N-ethyl adjacent to an activating group) is 1. The minimum Gasteiger partial charge on any atom is -0.358 e. The van der Waals surface area contributed by atoms with E-state index in [9.17, 15) is 4.79 Å². The van der Waals surface area contributed by atoms with E-state index in [4.69, 9.17) is 0 Å². The van der Waals surface area contributed by atoms with Gasteiger partial charge in [-0.2, -0.15) is 5.10 Å². The Morgan fingerprint density at radius 1 is 1.56 bits per heavy atom. The van der Waals surface area contributed by atoms with Crippen molar-refractivity contribution < 1.29 is 4.79 Å². The van der Waals surface area contributed by atoms with Crippen LogP contribution in [-0.2, 0) is 18.4 Å². The van der Waals surface area contributed by atoms with Gasteiger partial charge in [-0.3, -0.25) is 14.8 Å². The number of aryl methyl sites for hydroxylation is 1. The lowest BCUT2D eigenvalue weighted by atomic mass is 10.0. The van der Waals surface area contributed by atoms with Gasteiger partial charge in [0.2, 0.25) is 5.91 Å². The van der Waals surface area contributed by atoms with Gasteiger partial charge in [-0.15, -0.1) is 0 Å². The highest BCUT2D eigenvalue weighted by Gasteiger charge is 2.20. The molecule has 1 unspecified atom stereocenters. The van der Waals surface area contributed by atoms with Crippen molar-refractivity contribution in [2.24, 2.45) is 13.0 Å². The maximum absolute atomic E-state index is 11.6. The maximum atomic E-state index is 11.6. The van der Waals surface area contributed by atoms with Crippen LogP contribution in [0.25, 0.3) is 0 Å². The summed E-state index contributed by atoms with van der Waals surface area (Å²) in [7, 11) is 3.55. The quantitative estimate of drug-likeness (QED) is 0.755. The Bertz CT molecular complexity index is 346. The second-order valence-corrected chi connectivity index (χ2v) is 4.16. The zero-order chi connectivity index (χ0) is 12.1. The zero-order valence-corrected chi connectivity index (χ0v) is 10.3. The monoisotopic (exact) mass is 224 g/mol. The second kappa shape index (κ2) is 5.65. The van der Waals surface area contributed by atoms with E-state index in [1.807, 2.05) is 27.0 Å². The number of nitrogens with zero attached hydrogens (tertiary/aromatic N) is 2. The van der Waals surface area contributed by atoms with Gasteiger partial charge < -0.3 is 5.32 Å². The molecule has 1 heterocycles. The van der Waals surface area contributed by atoms with Crippen molar-refractivity contribution >= 4 is 5.91 Å². The van der Waals surface area contributed by atoms with E-state index in [1.54, 1.807) is 17.9 Å². The Balaban J connectivity index is 2.57. The molecule has 0 aliphatic carbocycles. The smallest absolute Gasteiger partial charge is 0.237 e. The molecule has 5 heteroatoms. The summed E-state index contributed by atoms with van der Waals surface area (Å²) in [6, 6.07) is 1.77. The van der Waals surface area contributed by atoms with E-state index in [1.165, 1.54) is 0 Å². The molecule has 16 heavy (non-hydrogen) atoms. The molecular weight excluding hydrogens is 204 g/mol. The van der Waals surface area contributed by atoms with Crippen LogP contribution < -0.4 is 10.6 Å². The van der Waals surface area contributed by atoms with Gasteiger partial charge in [0, 0.05) is 26.8 Å². The summed E-state index contributed by atoms with van der Waals surface area (Å²) in [5.41, 5.74) is 1.06. The van der Waals surface area contributed by atoms with Gasteiger partial charge in [0.15, 0.2) is 0 Å². The minimum atomic E-state index is -0.167. The molecule has 0 aromatic carbocycles. The standard InChI is InChI=1S/C11H20N4O/c1-8(2)10(11(16)12-3)13-7-9-5-6-14-15(9)4/h5-6,8,10,13H,7H2,1-4H3,(H,12,16). The van der Waals surface area contributed by atoms with E-state index in [0.717, 1.165) is 5.69 Å². The molecule has 0 fully saturated rings. The molecule has 0 aliphatic heterocycles. The van der Waals surface area contributed by atoms with Crippen molar-refractivity contribution in [2.45, 2.75) is 26.4 Å². The highest BCUT2D eigenvalue weighted by molar-refractivity contribution is 5.81. The average Bonchev–Trinajstić information content (AvgIpc) is 2.64. The average molecular weight is 224 g/mol. The molecule has 0 spiro atoms. The van der Waals surface area contributed by atoms with Crippen LogP contribution in [0.5, 0.6) is 0 Å². The number of aromatic nitrogens is 2. The summed E-state index contributed by atoms with van der Waals surface area (Å²) in [4.78, 5) is 11.6. The van der Waals surface area contributed by atoms with Crippen molar-refractivity contribution in [2.75, 3.05) is 7.05 Å². The van der Waals surface area contributed by atoms with Gasteiger partial charge in [-0.25, -0.2) is 0 Å². The molecule has 0 saturated heterocycles. The molecule has 90 valence electrons. The van der Waals surface area contributed by atoms with Crippen LogP contribution in [-0.4, -0.2) is 28.8 Å². The number of amides is 1. The molecule has 1 rings (SSSR count). The van der Waals surface area contributed by atoms with E-state index in [-0.39, 0.29) is 17.9 Å². The van der Waals surface area contributed by atoms with Crippen LogP contribution >= 0.6 is 0 Å². The van der Waals surface area contributed by atoms with Gasteiger partial charge in [-0.1, -0.05) is 13.8 Å². The number of carbonyl (C=O) groups excluding carboxylic acids is 1. The Kier molecular flexibility index (Phi) is 4.49. The van der Waals surface area contributed by atoms with Crippen molar-refractivity contribution in [3.05, 3.63) is 18.0 Å². The van der Waals surface area contributed by atoms with Gasteiger partial charge in [-0.05, 0) is 12.0 Å². The van der Waals surface area contributed by atoms with Crippen molar-refractivity contribution in [1.29, 1.82) is 0 Å². The van der Waals surface area contributed by atoms with Crippen LogP contribution in [0, 0.1) is 5.92 Å². The third-order valence-electron chi connectivity index (χ3n) is 2.62. The molecule has 0 radical (unpaired) electrons. The maximum Gasteiger partial charge on any atom is 0.237 e. The molecule has 0 aliphatic rings. The fourth-order valence-corrected chi connectivity index (χ4v) is 1.58. The third kappa shape index (κ3) is 3.06. The fourth-order valence-electron chi connectivity index (χ4n) is 1.58. The van der Waals surface area contributed by atoms with Gasteiger partial charge in [0.05, 0.1) is 11.7 Å². The van der Waals surface area contributed by atoms with Crippen molar-refractivity contribution in [1.82, 2.24) is 20.4 Å². The van der Waals surface area contributed by atoms with Crippen molar-refractivity contribution in [3.63, 3.8) is 0 Å². The molecule has 2 N–H and O–H groups in total. The molecule has 1 aromatic heterocycles. The van der Waals surface area contributed by atoms with E-state index in [0.29, 0.717) is 6.54 Å². The van der Waals surface area contributed by atoms with Crippen LogP contribution in [0.15, 0.2) is 12.3 Å². The third-order valence-corrected chi connectivity index (χ3v) is 2.62. The normalized spacial score (nSPS) is 12.8. The first-order valence-corrected chi connectivity index (χ1v) is 5.48. The van der Waals surface area contributed by atoms with Crippen LogP contribution in [0.1, 0.15) is 19.5 Å².